The van der Waals surface area contributed by atoms with Crippen LogP contribution in [0.3, 0.4) is 0 Å². The Morgan fingerprint density at radius 2 is 2.11 bits per heavy atom. The molecular formula is C16H28N2O. The molecule has 1 fully saturated rings. The summed E-state index contributed by atoms with van der Waals surface area (Å²) in [7, 11) is 1.96. The van der Waals surface area contributed by atoms with Crippen LogP contribution >= 0.6 is 0 Å². The first-order chi connectivity index (χ1) is 9.12. The molecule has 0 aliphatic carbocycles. The van der Waals surface area contributed by atoms with Crippen molar-refractivity contribution in [2.45, 2.75) is 53.1 Å². The molecule has 0 atom stereocenters. The Bertz CT molecular complexity index is 407. The summed E-state index contributed by atoms with van der Waals surface area (Å²) in [5.74, 6) is 2.19. The maximum absolute atomic E-state index is 5.95. The second-order valence-corrected chi connectivity index (χ2v) is 6.02. The van der Waals surface area contributed by atoms with E-state index in [0.717, 1.165) is 24.6 Å². The van der Waals surface area contributed by atoms with E-state index in [1.807, 2.05) is 7.05 Å². The number of hydrogen-bond donors (Lipinski definition) is 1. The lowest BCUT2D eigenvalue weighted by Crippen LogP contribution is -2.25. The number of nitrogens with zero attached hydrogens (tertiary/aromatic N) is 1. The lowest BCUT2D eigenvalue weighted by Gasteiger charge is -2.26. The number of nitrogens with one attached hydrogen (secondary N) is 1. The molecule has 0 aromatic carbocycles. The Morgan fingerprint density at radius 3 is 2.68 bits per heavy atom. The van der Waals surface area contributed by atoms with Crippen LogP contribution < -0.4 is 5.32 Å². The van der Waals surface area contributed by atoms with Crippen molar-refractivity contribution >= 4 is 0 Å². The zero-order valence-electron chi connectivity index (χ0n) is 12.9. The predicted octanol–water partition coefficient (Wildman–Crippen LogP) is 3.32. The molecule has 0 unspecified atom stereocenters. The zero-order chi connectivity index (χ0) is 13.9. The minimum atomic E-state index is 0.551. The summed E-state index contributed by atoms with van der Waals surface area (Å²) in [5, 5.41) is 3.16. The molecule has 0 saturated carbocycles. The predicted molar refractivity (Wildman–Crippen MR) is 79.1 cm³/mol. The van der Waals surface area contributed by atoms with Crippen molar-refractivity contribution in [2.24, 2.45) is 5.41 Å². The van der Waals surface area contributed by atoms with Gasteiger partial charge in [-0.1, -0.05) is 13.8 Å². The van der Waals surface area contributed by atoms with Gasteiger partial charge in [0.1, 0.15) is 11.5 Å². The molecule has 3 heteroatoms. The quantitative estimate of drug-likeness (QED) is 0.854. The largest absolute Gasteiger partial charge is 0.463 e. The lowest BCUT2D eigenvalue weighted by molar-refractivity contribution is 0.224. The van der Waals surface area contributed by atoms with Gasteiger partial charge < -0.3 is 9.73 Å². The average molecular weight is 264 g/mol. The SMILES string of the molecule is CCC1(CC)CCN(Cc2cc(C)c(CNC)o2)C1. The van der Waals surface area contributed by atoms with Gasteiger partial charge in [-0.05, 0) is 56.8 Å². The van der Waals surface area contributed by atoms with E-state index < -0.39 is 0 Å². The minimum absolute atomic E-state index is 0.551. The van der Waals surface area contributed by atoms with E-state index in [2.05, 4.69) is 37.1 Å². The van der Waals surface area contributed by atoms with Crippen LogP contribution in [0.4, 0.5) is 0 Å². The summed E-state index contributed by atoms with van der Waals surface area (Å²) in [6, 6.07) is 2.20. The molecule has 1 aromatic rings. The third-order valence-electron chi connectivity index (χ3n) is 4.81. The van der Waals surface area contributed by atoms with Crippen molar-refractivity contribution in [3.63, 3.8) is 0 Å². The molecule has 1 aliphatic rings. The normalized spacial score (nSPS) is 19.2. The van der Waals surface area contributed by atoms with Gasteiger partial charge in [-0.15, -0.1) is 0 Å². The minimum Gasteiger partial charge on any atom is -0.463 e. The number of rotatable bonds is 6. The van der Waals surface area contributed by atoms with Crippen LogP contribution in [0.5, 0.6) is 0 Å². The maximum Gasteiger partial charge on any atom is 0.120 e. The highest BCUT2D eigenvalue weighted by Gasteiger charge is 2.34. The maximum atomic E-state index is 5.95. The van der Waals surface area contributed by atoms with Crippen molar-refractivity contribution in [1.82, 2.24) is 10.2 Å². The molecule has 0 radical (unpaired) electrons. The van der Waals surface area contributed by atoms with Crippen LogP contribution in [0.25, 0.3) is 0 Å². The molecule has 1 N–H and O–H groups in total. The van der Waals surface area contributed by atoms with E-state index in [1.165, 1.54) is 37.9 Å². The second-order valence-electron chi connectivity index (χ2n) is 6.02. The Labute approximate surface area is 117 Å². The number of hydrogen-bond acceptors (Lipinski definition) is 3. The Morgan fingerprint density at radius 1 is 1.37 bits per heavy atom. The molecule has 1 aliphatic heterocycles. The van der Waals surface area contributed by atoms with Gasteiger partial charge in [0.15, 0.2) is 0 Å². The van der Waals surface area contributed by atoms with Gasteiger partial charge >= 0.3 is 0 Å². The smallest absolute Gasteiger partial charge is 0.120 e. The number of aryl methyl sites for hydroxylation is 1. The molecular weight excluding hydrogens is 236 g/mol. The van der Waals surface area contributed by atoms with Gasteiger partial charge in [0, 0.05) is 6.54 Å². The van der Waals surface area contributed by atoms with E-state index >= 15 is 0 Å². The van der Waals surface area contributed by atoms with Gasteiger partial charge in [0.25, 0.3) is 0 Å². The summed E-state index contributed by atoms with van der Waals surface area (Å²) in [5.41, 5.74) is 1.82. The van der Waals surface area contributed by atoms with Gasteiger partial charge in [-0.3, -0.25) is 4.90 Å². The topological polar surface area (TPSA) is 28.4 Å². The fourth-order valence-electron chi connectivity index (χ4n) is 3.21. The first-order valence-electron chi connectivity index (χ1n) is 7.57. The Kier molecular flexibility index (Phi) is 4.69. The lowest BCUT2D eigenvalue weighted by atomic mass is 9.82. The molecule has 0 amide bonds. The van der Waals surface area contributed by atoms with E-state index in [1.54, 1.807) is 0 Å². The van der Waals surface area contributed by atoms with Crippen molar-refractivity contribution in [1.29, 1.82) is 0 Å². The summed E-state index contributed by atoms with van der Waals surface area (Å²) in [4.78, 5) is 2.55. The summed E-state index contributed by atoms with van der Waals surface area (Å²) < 4.78 is 5.95. The molecule has 0 spiro atoms. The third-order valence-corrected chi connectivity index (χ3v) is 4.81. The first-order valence-corrected chi connectivity index (χ1v) is 7.57. The van der Waals surface area contributed by atoms with E-state index in [0.29, 0.717) is 5.41 Å². The second kappa shape index (κ2) is 6.10. The molecule has 0 bridgehead atoms. The van der Waals surface area contributed by atoms with Gasteiger partial charge in [-0.25, -0.2) is 0 Å². The molecule has 2 rings (SSSR count). The molecule has 108 valence electrons. The molecule has 3 nitrogen and oxygen atoms in total. The monoisotopic (exact) mass is 264 g/mol. The fourth-order valence-corrected chi connectivity index (χ4v) is 3.21. The molecule has 1 saturated heterocycles. The third kappa shape index (κ3) is 3.21. The fraction of sp³-hybridized carbons (Fsp3) is 0.750. The summed E-state index contributed by atoms with van der Waals surface area (Å²) in [6.07, 6.45) is 3.92. The molecule has 19 heavy (non-hydrogen) atoms. The van der Waals surface area contributed by atoms with E-state index in [-0.39, 0.29) is 0 Å². The van der Waals surface area contributed by atoms with Gasteiger partial charge in [-0.2, -0.15) is 0 Å². The van der Waals surface area contributed by atoms with Crippen molar-refractivity contribution in [3.8, 4) is 0 Å². The highest BCUT2D eigenvalue weighted by atomic mass is 16.3. The highest BCUT2D eigenvalue weighted by Crippen LogP contribution is 2.37. The molecule has 2 heterocycles. The van der Waals surface area contributed by atoms with Crippen LogP contribution in [0.1, 0.15) is 50.2 Å². The Balaban J connectivity index is 1.97. The highest BCUT2D eigenvalue weighted by molar-refractivity contribution is 5.20. The standard InChI is InChI=1S/C16H28N2O/c1-5-16(6-2)7-8-18(12-16)11-14-9-13(3)15(19-14)10-17-4/h9,17H,5-8,10-12H2,1-4H3. The molecule has 1 aromatic heterocycles. The van der Waals surface area contributed by atoms with Crippen molar-refractivity contribution < 1.29 is 4.42 Å². The van der Waals surface area contributed by atoms with E-state index in [4.69, 9.17) is 4.42 Å². The number of likely N-dealkylation sites (tertiary alicyclic amines) is 1. The Hall–Kier alpha value is -0.800. The van der Waals surface area contributed by atoms with E-state index in [9.17, 15) is 0 Å². The van der Waals surface area contributed by atoms with Crippen molar-refractivity contribution in [2.75, 3.05) is 20.1 Å². The zero-order valence-corrected chi connectivity index (χ0v) is 12.9. The van der Waals surface area contributed by atoms with Gasteiger partial charge in [0.05, 0.1) is 13.1 Å². The van der Waals surface area contributed by atoms with Crippen molar-refractivity contribution in [3.05, 3.63) is 23.2 Å². The van der Waals surface area contributed by atoms with Crippen LogP contribution in [0.15, 0.2) is 10.5 Å². The van der Waals surface area contributed by atoms with Gasteiger partial charge in [0.2, 0.25) is 0 Å². The summed E-state index contributed by atoms with van der Waals surface area (Å²) in [6.45, 7) is 11.0. The van der Waals surface area contributed by atoms with Crippen LogP contribution in [0.2, 0.25) is 0 Å². The van der Waals surface area contributed by atoms with Crippen LogP contribution in [0, 0.1) is 12.3 Å². The first kappa shape index (κ1) is 14.6. The number of furan rings is 1. The van der Waals surface area contributed by atoms with Crippen LogP contribution in [-0.2, 0) is 13.1 Å². The van der Waals surface area contributed by atoms with Crippen LogP contribution in [-0.4, -0.2) is 25.0 Å². The summed E-state index contributed by atoms with van der Waals surface area (Å²) >= 11 is 0. The average Bonchev–Trinajstić information content (AvgIpc) is 2.96.